The van der Waals surface area contributed by atoms with Gasteiger partial charge >= 0.3 is 0 Å². The van der Waals surface area contributed by atoms with E-state index in [0.717, 1.165) is 38.1 Å². The zero-order chi connectivity index (χ0) is 12.1. The molecule has 3 N–H and O–H groups in total. The Balaban J connectivity index is 0. The molecule has 1 atom stereocenters. The molecule has 2 heteroatoms. The molecule has 0 aliphatic heterocycles. The molecule has 0 aromatic heterocycles. The Hall–Kier alpha value is -0.0800. The Labute approximate surface area is 96.3 Å². The summed E-state index contributed by atoms with van der Waals surface area (Å²) in [6.45, 7) is 9.47. The lowest BCUT2D eigenvalue weighted by molar-refractivity contribution is 0.146. The van der Waals surface area contributed by atoms with Gasteiger partial charge in [-0.1, -0.05) is 40.5 Å². The van der Waals surface area contributed by atoms with Gasteiger partial charge in [-0.3, -0.25) is 0 Å². The molecule has 0 aliphatic carbocycles. The van der Waals surface area contributed by atoms with E-state index in [2.05, 4.69) is 27.7 Å². The standard InChI is InChI=1S/C9H20O.C4H11N/c1-4-5-9(10)7-6-8(2)3;1-2-3-4-5/h8-10H,4-7H2,1-3H3;2-5H2,1H3. The summed E-state index contributed by atoms with van der Waals surface area (Å²) in [6, 6.07) is 0. The van der Waals surface area contributed by atoms with Crippen LogP contribution in [0.3, 0.4) is 0 Å². The molecule has 0 aromatic rings. The number of aliphatic hydroxyl groups is 1. The van der Waals surface area contributed by atoms with Crippen molar-refractivity contribution >= 4 is 0 Å². The highest BCUT2D eigenvalue weighted by Crippen LogP contribution is 2.09. The largest absolute Gasteiger partial charge is 0.393 e. The summed E-state index contributed by atoms with van der Waals surface area (Å²) in [7, 11) is 0. The molecule has 0 amide bonds. The smallest absolute Gasteiger partial charge is 0.0540 e. The first-order valence-electron chi connectivity index (χ1n) is 6.46. The van der Waals surface area contributed by atoms with Gasteiger partial charge in [0, 0.05) is 0 Å². The molecule has 0 fully saturated rings. The Morgan fingerprint density at radius 1 is 1.00 bits per heavy atom. The lowest BCUT2D eigenvalue weighted by Gasteiger charge is -2.09. The molecule has 0 rings (SSSR count). The van der Waals surface area contributed by atoms with E-state index in [-0.39, 0.29) is 6.10 Å². The number of aliphatic hydroxyl groups excluding tert-OH is 1. The maximum absolute atomic E-state index is 9.30. The zero-order valence-corrected chi connectivity index (χ0v) is 11.1. The second kappa shape index (κ2) is 13.9. The Morgan fingerprint density at radius 3 is 1.87 bits per heavy atom. The minimum Gasteiger partial charge on any atom is -0.393 e. The Morgan fingerprint density at radius 2 is 1.60 bits per heavy atom. The third-order valence-electron chi connectivity index (χ3n) is 2.26. The molecular formula is C13H31NO. The molecule has 0 aliphatic rings. The van der Waals surface area contributed by atoms with Crippen molar-refractivity contribution in [1.82, 2.24) is 0 Å². The molecular weight excluding hydrogens is 186 g/mol. The second-order valence-corrected chi connectivity index (χ2v) is 4.56. The van der Waals surface area contributed by atoms with Gasteiger partial charge in [0.1, 0.15) is 0 Å². The van der Waals surface area contributed by atoms with E-state index in [1.807, 2.05) is 0 Å². The third kappa shape index (κ3) is 20.1. The first-order valence-corrected chi connectivity index (χ1v) is 6.46. The highest BCUT2D eigenvalue weighted by atomic mass is 16.3. The van der Waals surface area contributed by atoms with Crippen molar-refractivity contribution < 1.29 is 5.11 Å². The molecule has 0 bridgehead atoms. The summed E-state index contributed by atoms with van der Waals surface area (Å²) in [5, 5.41) is 9.30. The van der Waals surface area contributed by atoms with E-state index < -0.39 is 0 Å². The van der Waals surface area contributed by atoms with Gasteiger partial charge in [-0.15, -0.1) is 0 Å². The minimum atomic E-state index is -0.0487. The van der Waals surface area contributed by atoms with E-state index in [0.29, 0.717) is 0 Å². The number of rotatable bonds is 7. The summed E-state index contributed by atoms with van der Waals surface area (Å²) in [6.07, 6.45) is 6.53. The lowest BCUT2D eigenvalue weighted by Crippen LogP contribution is -2.06. The first kappa shape index (κ1) is 17.3. The Bertz CT molecular complexity index is 103. The molecule has 0 spiro atoms. The van der Waals surface area contributed by atoms with Crippen LogP contribution in [-0.4, -0.2) is 17.8 Å². The average Bonchev–Trinajstić information content (AvgIpc) is 2.17. The maximum atomic E-state index is 9.30. The molecule has 1 unspecified atom stereocenters. The van der Waals surface area contributed by atoms with Crippen molar-refractivity contribution in [3.05, 3.63) is 0 Å². The predicted molar refractivity (Wildman–Crippen MR) is 68.9 cm³/mol. The molecule has 2 nitrogen and oxygen atoms in total. The van der Waals surface area contributed by atoms with Crippen LogP contribution >= 0.6 is 0 Å². The van der Waals surface area contributed by atoms with Crippen LogP contribution < -0.4 is 5.73 Å². The number of unbranched alkanes of at least 4 members (excludes halogenated alkanes) is 1. The van der Waals surface area contributed by atoms with Crippen LogP contribution in [0, 0.1) is 5.92 Å². The van der Waals surface area contributed by atoms with Crippen molar-refractivity contribution in [2.75, 3.05) is 6.54 Å². The van der Waals surface area contributed by atoms with E-state index in [9.17, 15) is 5.11 Å². The molecule has 94 valence electrons. The van der Waals surface area contributed by atoms with Gasteiger partial charge in [-0.05, 0) is 38.1 Å². The topological polar surface area (TPSA) is 46.2 Å². The fraction of sp³-hybridized carbons (Fsp3) is 1.00. The van der Waals surface area contributed by atoms with Gasteiger partial charge in [0.25, 0.3) is 0 Å². The van der Waals surface area contributed by atoms with Crippen molar-refractivity contribution in [1.29, 1.82) is 0 Å². The van der Waals surface area contributed by atoms with Crippen LogP contribution in [0.15, 0.2) is 0 Å². The number of hydrogen-bond donors (Lipinski definition) is 2. The van der Waals surface area contributed by atoms with Crippen LogP contribution in [0.2, 0.25) is 0 Å². The molecule has 0 saturated carbocycles. The maximum Gasteiger partial charge on any atom is 0.0540 e. The highest BCUT2D eigenvalue weighted by molar-refractivity contribution is 4.56. The van der Waals surface area contributed by atoms with Crippen LogP contribution in [0.4, 0.5) is 0 Å². The van der Waals surface area contributed by atoms with Crippen molar-refractivity contribution in [3.8, 4) is 0 Å². The van der Waals surface area contributed by atoms with E-state index >= 15 is 0 Å². The Kier molecular flexibility index (Phi) is 16.1. The molecule has 0 radical (unpaired) electrons. The van der Waals surface area contributed by atoms with E-state index in [4.69, 9.17) is 5.73 Å². The van der Waals surface area contributed by atoms with Gasteiger partial charge in [0.2, 0.25) is 0 Å². The summed E-state index contributed by atoms with van der Waals surface area (Å²) >= 11 is 0. The quantitative estimate of drug-likeness (QED) is 0.687. The lowest BCUT2D eigenvalue weighted by atomic mass is 10.0. The minimum absolute atomic E-state index is 0.0487. The molecule has 0 saturated heterocycles. The monoisotopic (exact) mass is 217 g/mol. The predicted octanol–water partition coefficient (Wildman–Crippen LogP) is 3.33. The third-order valence-corrected chi connectivity index (χ3v) is 2.26. The van der Waals surface area contributed by atoms with E-state index in [1.54, 1.807) is 0 Å². The van der Waals surface area contributed by atoms with Crippen molar-refractivity contribution in [2.45, 2.75) is 72.3 Å². The van der Waals surface area contributed by atoms with Crippen LogP contribution in [0.25, 0.3) is 0 Å². The number of hydrogen-bond acceptors (Lipinski definition) is 2. The van der Waals surface area contributed by atoms with Gasteiger partial charge in [0.05, 0.1) is 6.10 Å². The van der Waals surface area contributed by atoms with Crippen LogP contribution in [0.5, 0.6) is 0 Å². The summed E-state index contributed by atoms with van der Waals surface area (Å²) < 4.78 is 0. The second-order valence-electron chi connectivity index (χ2n) is 4.56. The number of nitrogens with two attached hydrogens (primary N) is 1. The molecule has 0 aromatic carbocycles. The SMILES string of the molecule is CCCC(O)CCC(C)C.CCCCN. The first-order chi connectivity index (χ1) is 7.08. The molecule has 0 heterocycles. The van der Waals surface area contributed by atoms with Crippen LogP contribution in [-0.2, 0) is 0 Å². The summed E-state index contributed by atoms with van der Waals surface area (Å²) in [5.74, 6) is 0.728. The van der Waals surface area contributed by atoms with Gasteiger partial charge < -0.3 is 10.8 Å². The normalized spacial score (nSPS) is 12.2. The van der Waals surface area contributed by atoms with Crippen molar-refractivity contribution in [3.63, 3.8) is 0 Å². The average molecular weight is 217 g/mol. The van der Waals surface area contributed by atoms with Crippen LogP contribution in [0.1, 0.15) is 66.2 Å². The summed E-state index contributed by atoms with van der Waals surface area (Å²) in [4.78, 5) is 0. The molecule has 15 heavy (non-hydrogen) atoms. The van der Waals surface area contributed by atoms with Gasteiger partial charge in [0.15, 0.2) is 0 Å². The zero-order valence-electron chi connectivity index (χ0n) is 11.1. The van der Waals surface area contributed by atoms with E-state index in [1.165, 1.54) is 12.8 Å². The van der Waals surface area contributed by atoms with Gasteiger partial charge in [-0.2, -0.15) is 0 Å². The fourth-order valence-electron chi connectivity index (χ4n) is 1.21. The van der Waals surface area contributed by atoms with Crippen molar-refractivity contribution in [2.24, 2.45) is 11.7 Å². The summed E-state index contributed by atoms with van der Waals surface area (Å²) in [5.41, 5.74) is 5.14. The highest BCUT2D eigenvalue weighted by Gasteiger charge is 2.02. The van der Waals surface area contributed by atoms with Gasteiger partial charge in [-0.25, -0.2) is 0 Å². The fourth-order valence-corrected chi connectivity index (χ4v) is 1.21.